The second kappa shape index (κ2) is 9.06. The van der Waals surface area contributed by atoms with E-state index in [0.717, 1.165) is 12.1 Å². The average molecular weight is 420 g/mol. The third-order valence-electron chi connectivity index (χ3n) is 3.84. The fourth-order valence-corrected chi connectivity index (χ4v) is 2.39. The van der Waals surface area contributed by atoms with Crippen molar-refractivity contribution in [2.75, 3.05) is 6.61 Å². The maximum Gasteiger partial charge on any atom is 0.422 e. The summed E-state index contributed by atoms with van der Waals surface area (Å²) in [4.78, 5) is 12.0. The van der Waals surface area contributed by atoms with Gasteiger partial charge in [0.05, 0.1) is 11.6 Å². The molecule has 2 aromatic rings. The van der Waals surface area contributed by atoms with Gasteiger partial charge >= 0.3 is 18.4 Å². The van der Waals surface area contributed by atoms with E-state index in [-0.39, 0.29) is 17.9 Å². The number of carbonyl (C=O) groups excluding carboxylic acids is 1. The van der Waals surface area contributed by atoms with Crippen LogP contribution in [0.1, 0.15) is 29.7 Å². The Morgan fingerprint density at radius 1 is 1.03 bits per heavy atom. The average Bonchev–Trinajstić information content (AvgIpc) is 2.64. The van der Waals surface area contributed by atoms with Crippen LogP contribution in [-0.2, 0) is 12.7 Å². The molecule has 0 aliphatic heterocycles. The van der Waals surface area contributed by atoms with Gasteiger partial charge in [-0.1, -0.05) is 24.3 Å². The first-order valence-electron chi connectivity index (χ1n) is 8.44. The molecule has 2 amide bonds. The summed E-state index contributed by atoms with van der Waals surface area (Å²) in [5, 5.41) is 5.05. The zero-order chi connectivity index (χ0) is 21.7. The highest BCUT2D eigenvalue weighted by atomic mass is 19.4. The van der Waals surface area contributed by atoms with Gasteiger partial charge < -0.3 is 15.4 Å². The molecule has 10 heteroatoms. The van der Waals surface area contributed by atoms with E-state index < -0.39 is 36.6 Å². The summed E-state index contributed by atoms with van der Waals surface area (Å²) in [7, 11) is 0. The highest BCUT2D eigenvalue weighted by Gasteiger charge is 2.30. The van der Waals surface area contributed by atoms with E-state index in [0.29, 0.717) is 5.56 Å². The number of benzene rings is 2. The van der Waals surface area contributed by atoms with Gasteiger partial charge in [0, 0.05) is 6.54 Å². The molecule has 4 nitrogen and oxygen atoms in total. The number of urea groups is 1. The monoisotopic (exact) mass is 420 g/mol. The predicted octanol–water partition coefficient (Wildman–Crippen LogP) is 5.21. The van der Waals surface area contributed by atoms with Crippen LogP contribution in [0.4, 0.5) is 31.1 Å². The van der Waals surface area contributed by atoms with Gasteiger partial charge in [0.2, 0.25) is 0 Å². The van der Waals surface area contributed by atoms with Crippen molar-refractivity contribution in [2.45, 2.75) is 31.9 Å². The van der Waals surface area contributed by atoms with Crippen molar-refractivity contribution < 1.29 is 35.9 Å². The zero-order valence-corrected chi connectivity index (χ0v) is 15.2. The number of hydrogen-bond donors (Lipinski definition) is 2. The van der Waals surface area contributed by atoms with E-state index >= 15 is 0 Å². The molecule has 0 saturated carbocycles. The quantitative estimate of drug-likeness (QED) is 0.631. The minimum Gasteiger partial charge on any atom is -0.484 e. The Kier molecular flexibility index (Phi) is 6.99. The summed E-state index contributed by atoms with van der Waals surface area (Å²) in [6.07, 6.45) is -8.91. The molecular weight excluding hydrogens is 402 g/mol. The molecule has 0 aliphatic carbocycles. The molecule has 0 bridgehead atoms. The zero-order valence-electron chi connectivity index (χ0n) is 15.2. The van der Waals surface area contributed by atoms with E-state index in [1.54, 1.807) is 6.92 Å². The molecule has 0 saturated heterocycles. The molecule has 2 N–H and O–H groups in total. The van der Waals surface area contributed by atoms with Gasteiger partial charge in [0.25, 0.3) is 0 Å². The maximum absolute atomic E-state index is 12.7. The van der Waals surface area contributed by atoms with Crippen LogP contribution >= 0.6 is 0 Å². The smallest absolute Gasteiger partial charge is 0.422 e. The van der Waals surface area contributed by atoms with Crippen molar-refractivity contribution in [1.82, 2.24) is 10.6 Å². The maximum atomic E-state index is 12.7. The first-order valence-corrected chi connectivity index (χ1v) is 8.44. The molecule has 0 fully saturated rings. The Morgan fingerprint density at radius 3 is 2.28 bits per heavy atom. The molecule has 29 heavy (non-hydrogen) atoms. The fraction of sp³-hybridized carbons (Fsp3) is 0.316. The lowest BCUT2D eigenvalue weighted by atomic mass is 10.1. The number of hydrogen-bond acceptors (Lipinski definition) is 2. The van der Waals surface area contributed by atoms with Gasteiger partial charge in [-0.05, 0) is 42.3 Å². The third-order valence-corrected chi connectivity index (χ3v) is 3.84. The van der Waals surface area contributed by atoms with Crippen molar-refractivity contribution in [3.63, 3.8) is 0 Å². The molecule has 2 rings (SSSR count). The van der Waals surface area contributed by atoms with Gasteiger partial charge in [0.1, 0.15) is 5.75 Å². The lowest BCUT2D eigenvalue weighted by molar-refractivity contribution is -0.153. The minimum atomic E-state index is -4.47. The standard InChI is InChI=1S/C19H18F6N2O2/c1-12(14-5-7-16(8-6-14)29-11-18(20,21)22)27-17(28)26-10-13-3-2-4-15(9-13)19(23,24)25/h2-9,12H,10-11H2,1H3,(H2,26,27,28). The second-order valence-corrected chi connectivity index (χ2v) is 6.22. The van der Waals surface area contributed by atoms with Gasteiger partial charge in [-0.2, -0.15) is 26.3 Å². The summed E-state index contributed by atoms with van der Waals surface area (Å²) >= 11 is 0. The lowest BCUT2D eigenvalue weighted by Gasteiger charge is -2.16. The Balaban J connectivity index is 1.86. The first-order chi connectivity index (χ1) is 13.4. The molecule has 2 aromatic carbocycles. The van der Waals surface area contributed by atoms with Crippen LogP contribution in [0.3, 0.4) is 0 Å². The first kappa shape index (κ1) is 22.4. The highest BCUT2D eigenvalue weighted by molar-refractivity contribution is 5.74. The minimum absolute atomic E-state index is 0.0345. The SMILES string of the molecule is CC(NC(=O)NCc1cccc(C(F)(F)F)c1)c1ccc(OCC(F)(F)F)cc1. The number of rotatable bonds is 6. The summed E-state index contributed by atoms with van der Waals surface area (Å²) in [6.45, 7) is 0.139. The van der Waals surface area contributed by atoms with Gasteiger partial charge in [0.15, 0.2) is 6.61 Å². The molecule has 1 atom stereocenters. The lowest BCUT2D eigenvalue weighted by Crippen LogP contribution is -2.36. The van der Waals surface area contributed by atoms with Crippen molar-refractivity contribution in [3.8, 4) is 5.75 Å². The van der Waals surface area contributed by atoms with E-state index in [2.05, 4.69) is 15.4 Å². The number of nitrogens with one attached hydrogen (secondary N) is 2. The fourth-order valence-electron chi connectivity index (χ4n) is 2.39. The van der Waals surface area contributed by atoms with Crippen LogP contribution in [0.15, 0.2) is 48.5 Å². The second-order valence-electron chi connectivity index (χ2n) is 6.22. The Bertz CT molecular complexity index is 819. The Labute approximate surface area is 162 Å². The molecule has 0 aromatic heterocycles. The largest absolute Gasteiger partial charge is 0.484 e. The number of ether oxygens (including phenoxy) is 1. The van der Waals surface area contributed by atoms with Crippen LogP contribution in [0.25, 0.3) is 0 Å². The third kappa shape index (κ3) is 7.55. The molecule has 0 aliphatic rings. The molecular formula is C19H18F6N2O2. The Morgan fingerprint density at radius 2 is 1.69 bits per heavy atom. The van der Waals surface area contributed by atoms with E-state index in [4.69, 9.17) is 0 Å². The number of carbonyl (C=O) groups is 1. The van der Waals surface area contributed by atoms with E-state index in [9.17, 15) is 31.1 Å². The van der Waals surface area contributed by atoms with Crippen molar-refractivity contribution >= 4 is 6.03 Å². The van der Waals surface area contributed by atoms with Crippen molar-refractivity contribution in [1.29, 1.82) is 0 Å². The van der Waals surface area contributed by atoms with Crippen LogP contribution in [0.2, 0.25) is 0 Å². The van der Waals surface area contributed by atoms with Gasteiger partial charge in [-0.15, -0.1) is 0 Å². The number of halogens is 6. The van der Waals surface area contributed by atoms with Crippen LogP contribution in [0.5, 0.6) is 5.75 Å². The Hall–Kier alpha value is -2.91. The summed E-state index contributed by atoms with van der Waals surface area (Å²) < 4.78 is 79.1. The predicted molar refractivity (Wildman–Crippen MR) is 93.2 cm³/mol. The van der Waals surface area contributed by atoms with Gasteiger partial charge in [-0.3, -0.25) is 0 Å². The number of alkyl halides is 6. The molecule has 1 unspecified atom stereocenters. The summed E-state index contributed by atoms with van der Waals surface area (Å²) in [5.74, 6) is 0.0345. The van der Waals surface area contributed by atoms with E-state index in [1.807, 2.05) is 0 Å². The highest BCUT2D eigenvalue weighted by Crippen LogP contribution is 2.29. The van der Waals surface area contributed by atoms with Crippen LogP contribution in [0, 0.1) is 0 Å². The van der Waals surface area contributed by atoms with Crippen LogP contribution in [-0.4, -0.2) is 18.8 Å². The number of amides is 2. The van der Waals surface area contributed by atoms with Gasteiger partial charge in [-0.25, -0.2) is 4.79 Å². The van der Waals surface area contributed by atoms with E-state index in [1.165, 1.54) is 36.4 Å². The topological polar surface area (TPSA) is 50.4 Å². The summed E-state index contributed by atoms with van der Waals surface area (Å²) in [5.41, 5.74) is 0.0887. The van der Waals surface area contributed by atoms with Crippen molar-refractivity contribution in [3.05, 3.63) is 65.2 Å². The molecule has 0 radical (unpaired) electrons. The van der Waals surface area contributed by atoms with Crippen LogP contribution < -0.4 is 15.4 Å². The normalized spacial score (nSPS) is 12.9. The summed E-state index contributed by atoms with van der Waals surface area (Å²) in [6, 6.07) is 9.20. The molecule has 158 valence electrons. The van der Waals surface area contributed by atoms with Crippen molar-refractivity contribution in [2.24, 2.45) is 0 Å². The molecule has 0 heterocycles. The molecule has 0 spiro atoms.